The maximum Gasteiger partial charge on any atom is 0.187 e. The SMILES string of the molecule is Cc1ccccc1C1CC[N+](C)(C(C)O)CC1. The van der Waals surface area contributed by atoms with Crippen molar-refractivity contribution in [3.63, 3.8) is 0 Å². The molecule has 0 bridgehead atoms. The van der Waals surface area contributed by atoms with Gasteiger partial charge in [-0.25, -0.2) is 0 Å². The normalized spacial score (nSPS) is 31.2. The molecule has 1 aromatic rings. The molecule has 94 valence electrons. The third-order valence-corrected chi connectivity index (χ3v) is 4.51. The molecule has 0 radical (unpaired) electrons. The fourth-order valence-electron chi connectivity index (χ4n) is 2.89. The third kappa shape index (κ3) is 2.53. The van der Waals surface area contributed by atoms with Gasteiger partial charge in [-0.3, -0.25) is 0 Å². The van der Waals surface area contributed by atoms with Crippen molar-refractivity contribution in [2.24, 2.45) is 0 Å². The third-order valence-electron chi connectivity index (χ3n) is 4.51. The van der Waals surface area contributed by atoms with Gasteiger partial charge in [0, 0.05) is 19.8 Å². The summed E-state index contributed by atoms with van der Waals surface area (Å²) in [7, 11) is 2.17. The Hall–Kier alpha value is -0.860. The van der Waals surface area contributed by atoms with Crippen LogP contribution in [-0.4, -0.2) is 36.0 Å². The highest BCUT2D eigenvalue weighted by molar-refractivity contribution is 5.29. The fourth-order valence-corrected chi connectivity index (χ4v) is 2.89. The van der Waals surface area contributed by atoms with E-state index in [1.807, 2.05) is 6.92 Å². The smallest absolute Gasteiger partial charge is 0.187 e. The molecule has 2 rings (SSSR count). The molecule has 1 aromatic carbocycles. The van der Waals surface area contributed by atoms with Gasteiger partial charge >= 0.3 is 0 Å². The minimum absolute atomic E-state index is 0.243. The Bertz CT molecular complexity index is 378. The summed E-state index contributed by atoms with van der Waals surface area (Å²) < 4.78 is 0.808. The van der Waals surface area contributed by atoms with E-state index < -0.39 is 0 Å². The number of likely N-dealkylation sites (tertiary alicyclic amines) is 1. The van der Waals surface area contributed by atoms with Crippen LogP contribution in [0.3, 0.4) is 0 Å². The Morgan fingerprint density at radius 1 is 1.24 bits per heavy atom. The van der Waals surface area contributed by atoms with Crippen molar-refractivity contribution in [3.8, 4) is 0 Å². The maximum atomic E-state index is 9.82. The number of rotatable bonds is 2. The minimum atomic E-state index is -0.243. The van der Waals surface area contributed by atoms with E-state index in [1.54, 1.807) is 0 Å². The first-order valence-corrected chi connectivity index (χ1v) is 6.61. The average molecular weight is 234 g/mol. The Balaban J connectivity index is 2.07. The maximum absolute atomic E-state index is 9.82. The van der Waals surface area contributed by atoms with Gasteiger partial charge in [0.2, 0.25) is 0 Å². The van der Waals surface area contributed by atoms with E-state index in [1.165, 1.54) is 24.0 Å². The van der Waals surface area contributed by atoms with Crippen LogP contribution in [0.25, 0.3) is 0 Å². The molecule has 1 atom stereocenters. The summed E-state index contributed by atoms with van der Waals surface area (Å²) in [6.07, 6.45) is 2.13. The van der Waals surface area contributed by atoms with Crippen molar-refractivity contribution < 1.29 is 9.59 Å². The molecular weight excluding hydrogens is 210 g/mol. The standard InChI is InChI=1S/C15H24NO/c1-12-6-4-5-7-15(12)14-8-10-16(3,11-9-14)13(2)17/h4-7,13-14,17H,8-11H2,1-3H3/q+1. The van der Waals surface area contributed by atoms with E-state index in [0.29, 0.717) is 5.92 Å². The molecule has 0 aliphatic carbocycles. The number of benzene rings is 1. The molecule has 0 spiro atoms. The first-order valence-electron chi connectivity index (χ1n) is 6.61. The van der Waals surface area contributed by atoms with Gasteiger partial charge in [0.25, 0.3) is 0 Å². The molecule has 1 heterocycles. The van der Waals surface area contributed by atoms with E-state index >= 15 is 0 Å². The average Bonchev–Trinajstić information content (AvgIpc) is 2.31. The van der Waals surface area contributed by atoms with Crippen LogP contribution in [0.2, 0.25) is 0 Å². The van der Waals surface area contributed by atoms with E-state index in [0.717, 1.165) is 17.6 Å². The number of hydrogen-bond acceptors (Lipinski definition) is 1. The molecule has 1 aliphatic heterocycles. The summed E-state index contributed by atoms with van der Waals surface area (Å²) in [6, 6.07) is 8.71. The Labute approximate surface area is 104 Å². The molecule has 0 aromatic heterocycles. The monoisotopic (exact) mass is 234 g/mol. The summed E-state index contributed by atoms with van der Waals surface area (Å²) in [5, 5.41) is 9.82. The zero-order valence-electron chi connectivity index (χ0n) is 11.2. The molecule has 2 nitrogen and oxygen atoms in total. The molecule has 1 aliphatic rings. The second kappa shape index (κ2) is 4.79. The van der Waals surface area contributed by atoms with Gasteiger partial charge in [-0.1, -0.05) is 24.3 Å². The van der Waals surface area contributed by atoms with Crippen LogP contribution in [0, 0.1) is 6.92 Å². The molecule has 1 N–H and O–H groups in total. The predicted octanol–water partition coefficient (Wildman–Crippen LogP) is 2.66. The zero-order valence-corrected chi connectivity index (χ0v) is 11.2. The number of aliphatic hydroxyl groups excluding tert-OH is 1. The van der Waals surface area contributed by atoms with Crippen LogP contribution >= 0.6 is 0 Å². The van der Waals surface area contributed by atoms with Gasteiger partial charge in [-0.05, 0) is 24.0 Å². The number of aryl methyl sites for hydroxylation is 1. The first kappa shape index (κ1) is 12.6. The lowest BCUT2D eigenvalue weighted by atomic mass is 9.86. The fraction of sp³-hybridized carbons (Fsp3) is 0.600. The topological polar surface area (TPSA) is 20.2 Å². The van der Waals surface area contributed by atoms with Crippen molar-refractivity contribution in [2.45, 2.75) is 38.8 Å². The molecule has 1 unspecified atom stereocenters. The Morgan fingerprint density at radius 3 is 2.35 bits per heavy atom. The number of aliphatic hydroxyl groups is 1. The van der Waals surface area contributed by atoms with E-state index in [-0.39, 0.29) is 6.23 Å². The number of nitrogens with zero attached hydrogens (tertiary/aromatic N) is 1. The van der Waals surface area contributed by atoms with Gasteiger partial charge in [0.1, 0.15) is 0 Å². The highest BCUT2D eigenvalue weighted by Gasteiger charge is 2.34. The van der Waals surface area contributed by atoms with Gasteiger partial charge in [0.05, 0.1) is 20.1 Å². The Kier molecular flexibility index (Phi) is 3.55. The van der Waals surface area contributed by atoms with Crippen LogP contribution < -0.4 is 0 Å². The molecule has 1 saturated heterocycles. The molecule has 0 amide bonds. The van der Waals surface area contributed by atoms with Crippen molar-refractivity contribution in [2.75, 3.05) is 20.1 Å². The summed E-state index contributed by atoms with van der Waals surface area (Å²) in [5.74, 6) is 0.682. The van der Waals surface area contributed by atoms with Crippen LogP contribution in [0.15, 0.2) is 24.3 Å². The second-order valence-corrected chi connectivity index (χ2v) is 5.69. The molecule has 0 saturated carbocycles. The predicted molar refractivity (Wildman–Crippen MR) is 70.8 cm³/mol. The van der Waals surface area contributed by atoms with Crippen LogP contribution in [-0.2, 0) is 0 Å². The number of hydrogen-bond donors (Lipinski definition) is 1. The minimum Gasteiger partial charge on any atom is -0.345 e. The van der Waals surface area contributed by atoms with Gasteiger partial charge in [-0.2, -0.15) is 0 Å². The van der Waals surface area contributed by atoms with E-state index in [4.69, 9.17) is 0 Å². The molecular formula is C15H24NO+. The quantitative estimate of drug-likeness (QED) is 0.780. The lowest BCUT2D eigenvalue weighted by Gasteiger charge is -2.42. The highest BCUT2D eigenvalue weighted by Crippen LogP contribution is 2.33. The van der Waals surface area contributed by atoms with Gasteiger partial charge in [-0.15, -0.1) is 0 Å². The first-order chi connectivity index (χ1) is 8.03. The molecule has 17 heavy (non-hydrogen) atoms. The molecule has 1 fully saturated rings. The zero-order chi connectivity index (χ0) is 12.5. The highest BCUT2D eigenvalue weighted by atomic mass is 16.3. The summed E-state index contributed by atoms with van der Waals surface area (Å²) in [6.45, 7) is 6.27. The largest absolute Gasteiger partial charge is 0.345 e. The summed E-state index contributed by atoms with van der Waals surface area (Å²) in [5.41, 5.74) is 2.91. The second-order valence-electron chi connectivity index (χ2n) is 5.69. The van der Waals surface area contributed by atoms with Crippen molar-refractivity contribution in [1.82, 2.24) is 0 Å². The molecule has 2 heteroatoms. The van der Waals surface area contributed by atoms with E-state index in [2.05, 4.69) is 38.2 Å². The number of quaternary nitrogens is 1. The van der Waals surface area contributed by atoms with Crippen molar-refractivity contribution in [1.29, 1.82) is 0 Å². The Morgan fingerprint density at radius 2 is 1.82 bits per heavy atom. The van der Waals surface area contributed by atoms with Crippen molar-refractivity contribution in [3.05, 3.63) is 35.4 Å². The number of piperidine rings is 1. The summed E-state index contributed by atoms with van der Waals surface area (Å²) in [4.78, 5) is 0. The van der Waals surface area contributed by atoms with Crippen LogP contribution in [0.4, 0.5) is 0 Å². The van der Waals surface area contributed by atoms with Crippen LogP contribution in [0.1, 0.15) is 36.8 Å². The summed E-state index contributed by atoms with van der Waals surface area (Å²) >= 11 is 0. The lowest BCUT2D eigenvalue weighted by Crippen LogP contribution is -2.54. The van der Waals surface area contributed by atoms with Gasteiger partial charge < -0.3 is 9.59 Å². The van der Waals surface area contributed by atoms with E-state index in [9.17, 15) is 5.11 Å². The van der Waals surface area contributed by atoms with Crippen LogP contribution in [0.5, 0.6) is 0 Å². The van der Waals surface area contributed by atoms with Crippen molar-refractivity contribution >= 4 is 0 Å². The van der Waals surface area contributed by atoms with Gasteiger partial charge in [0.15, 0.2) is 6.23 Å². The lowest BCUT2D eigenvalue weighted by molar-refractivity contribution is -0.956.